The molecule has 0 radical (unpaired) electrons. The lowest BCUT2D eigenvalue weighted by molar-refractivity contribution is 0.157. The predicted molar refractivity (Wildman–Crippen MR) is 81.5 cm³/mol. The minimum Gasteiger partial charge on any atom is -0.330 e. The van der Waals surface area contributed by atoms with Gasteiger partial charge < -0.3 is 5.73 Å². The minimum absolute atomic E-state index is 0.313. The third-order valence-electron chi connectivity index (χ3n) is 5.25. The summed E-state index contributed by atoms with van der Waals surface area (Å²) in [6.45, 7) is 7.62. The molecule has 2 saturated heterocycles. The highest BCUT2D eigenvalue weighted by Gasteiger charge is 2.37. The molecule has 2 aliphatic heterocycles. The normalized spacial score (nSPS) is 29.4. The quantitative estimate of drug-likeness (QED) is 0.854. The molecule has 1 unspecified atom stereocenters. The van der Waals surface area contributed by atoms with Crippen molar-refractivity contribution in [3.8, 4) is 0 Å². The molecule has 2 N–H and O–H groups in total. The van der Waals surface area contributed by atoms with Gasteiger partial charge in [-0.3, -0.25) is 0 Å². The third kappa shape index (κ3) is 3.35. The van der Waals surface area contributed by atoms with Crippen molar-refractivity contribution in [1.29, 1.82) is 0 Å². The molecule has 0 aromatic rings. The molecule has 1 atom stereocenters. The van der Waals surface area contributed by atoms with Gasteiger partial charge in [-0.1, -0.05) is 20.3 Å². The van der Waals surface area contributed by atoms with Crippen LogP contribution in [-0.2, 0) is 10.2 Å². The van der Waals surface area contributed by atoms with Crippen LogP contribution >= 0.6 is 0 Å². The fourth-order valence-corrected chi connectivity index (χ4v) is 4.93. The molecule has 5 nitrogen and oxygen atoms in total. The van der Waals surface area contributed by atoms with Crippen molar-refractivity contribution in [1.82, 2.24) is 8.61 Å². The summed E-state index contributed by atoms with van der Waals surface area (Å²) in [5.74, 6) is 0.323. The molecule has 0 aromatic carbocycles. The molecule has 2 heterocycles. The van der Waals surface area contributed by atoms with Gasteiger partial charge in [0.25, 0.3) is 10.2 Å². The molecule has 0 saturated carbocycles. The Morgan fingerprint density at radius 3 is 2.40 bits per heavy atom. The van der Waals surface area contributed by atoms with Gasteiger partial charge in [0.1, 0.15) is 0 Å². The maximum absolute atomic E-state index is 12.7. The second-order valence-electron chi connectivity index (χ2n) is 6.67. The van der Waals surface area contributed by atoms with E-state index < -0.39 is 10.2 Å². The van der Waals surface area contributed by atoms with Gasteiger partial charge in [-0.25, -0.2) is 0 Å². The Hall–Kier alpha value is -0.170. The van der Waals surface area contributed by atoms with E-state index in [0.717, 1.165) is 32.1 Å². The zero-order valence-corrected chi connectivity index (χ0v) is 13.7. The average Bonchev–Trinajstić information content (AvgIpc) is 2.48. The summed E-state index contributed by atoms with van der Waals surface area (Å²) in [6.07, 6.45) is 5.05. The molecular weight excluding hydrogens is 274 g/mol. The van der Waals surface area contributed by atoms with E-state index in [1.807, 2.05) is 0 Å². The van der Waals surface area contributed by atoms with E-state index in [9.17, 15) is 8.42 Å². The Bertz CT molecular complexity index is 416. The number of nitrogens with zero attached hydrogens (tertiary/aromatic N) is 2. The fourth-order valence-electron chi connectivity index (χ4n) is 3.20. The van der Waals surface area contributed by atoms with Crippen LogP contribution in [0.2, 0.25) is 0 Å². The lowest BCUT2D eigenvalue weighted by atomic mass is 9.79. The lowest BCUT2D eigenvalue weighted by Crippen LogP contribution is -2.51. The molecule has 20 heavy (non-hydrogen) atoms. The molecule has 118 valence electrons. The summed E-state index contributed by atoms with van der Waals surface area (Å²) in [5, 5.41) is 0. The van der Waals surface area contributed by atoms with E-state index >= 15 is 0 Å². The maximum atomic E-state index is 12.7. The van der Waals surface area contributed by atoms with Gasteiger partial charge >= 0.3 is 0 Å². The van der Waals surface area contributed by atoms with Gasteiger partial charge in [0.05, 0.1) is 0 Å². The van der Waals surface area contributed by atoms with E-state index in [2.05, 4.69) is 13.8 Å². The highest BCUT2D eigenvalue weighted by molar-refractivity contribution is 7.86. The van der Waals surface area contributed by atoms with Gasteiger partial charge in [-0.15, -0.1) is 0 Å². The Morgan fingerprint density at radius 2 is 1.85 bits per heavy atom. The molecule has 2 aliphatic rings. The van der Waals surface area contributed by atoms with Crippen molar-refractivity contribution in [3.05, 3.63) is 0 Å². The summed E-state index contributed by atoms with van der Waals surface area (Å²) >= 11 is 0. The van der Waals surface area contributed by atoms with Crippen LogP contribution in [0.15, 0.2) is 0 Å². The highest BCUT2D eigenvalue weighted by atomic mass is 32.2. The van der Waals surface area contributed by atoms with Gasteiger partial charge in [0, 0.05) is 26.2 Å². The van der Waals surface area contributed by atoms with Crippen molar-refractivity contribution in [2.45, 2.75) is 46.0 Å². The van der Waals surface area contributed by atoms with Gasteiger partial charge in [0.2, 0.25) is 0 Å². The first-order valence-corrected chi connectivity index (χ1v) is 9.26. The van der Waals surface area contributed by atoms with Crippen LogP contribution in [0.5, 0.6) is 0 Å². The lowest BCUT2D eigenvalue weighted by Gasteiger charge is -2.41. The van der Waals surface area contributed by atoms with Crippen molar-refractivity contribution in [3.63, 3.8) is 0 Å². The van der Waals surface area contributed by atoms with Crippen molar-refractivity contribution in [2.24, 2.45) is 17.1 Å². The highest BCUT2D eigenvalue weighted by Crippen LogP contribution is 2.35. The van der Waals surface area contributed by atoms with Crippen molar-refractivity contribution < 1.29 is 8.42 Å². The van der Waals surface area contributed by atoms with E-state index in [1.54, 1.807) is 8.61 Å². The Labute approximate surface area is 123 Å². The predicted octanol–water partition coefficient (Wildman–Crippen LogP) is 1.41. The van der Waals surface area contributed by atoms with Crippen LogP contribution in [0.3, 0.4) is 0 Å². The SMILES string of the molecule is CCC1(C)CCN(S(=O)(=O)N2CCCC(CN)C2)CC1. The molecule has 2 rings (SSSR count). The van der Waals surface area contributed by atoms with Crippen LogP contribution in [-0.4, -0.2) is 49.8 Å². The summed E-state index contributed by atoms with van der Waals surface area (Å²) in [4.78, 5) is 0. The first-order valence-electron chi connectivity index (χ1n) is 7.86. The third-order valence-corrected chi connectivity index (χ3v) is 7.25. The number of piperidine rings is 2. The zero-order chi connectivity index (χ0) is 14.8. The van der Waals surface area contributed by atoms with Crippen molar-refractivity contribution in [2.75, 3.05) is 32.7 Å². The maximum Gasteiger partial charge on any atom is 0.281 e. The van der Waals surface area contributed by atoms with Gasteiger partial charge in [-0.05, 0) is 43.6 Å². The van der Waals surface area contributed by atoms with Crippen LogP contribution in [0.4, 0.5) is 0 Å². The smallest absolute Gasteiger partial charge is 0.281 e. The van der Waals surface area contributed by atoms with Crippen LogP contribution < -0.4 is 5.73 Å². The van der Waals surface area contributed by atoms with Gasteiger partial charge in [0.15, 0.2) is 0 Å². The molecule has 2 fully saturated rings. The molecule has 0 bridgehead atoms. The second kappa shape index (κ2) is 6.30. The van der Waals surface area contributed by atoms with E-state index in [4.69, 9.17) is 5.73 Å². The monoisotopic (exact) mass is 303 g/mol. The van der Waals surface area contributed by atoms with Crippen LogP contribution in [0.1, 0.15) is 46.0 Å². The first-order chi connectivity index (χ1) is 9.41. The molecule has 0 aliphatic carbocycles. The minimum atomic E-state index is -3.28. The Balaban J connectivity index is 2.00. The molecular formula is C14H29N3O2S. The summed E-state index contributed by atoms with van der Waals surface area (Å²) in [6, 6.07) is 0. The average molecular weight is 303 g/mol. The number of hydrogen-bond donors (Lipinski definition) is 1. The molecule has 0 spiro atoms. The second-order valence-corrected chi connectivity index (χ2v) is 8.60. The van der Waals surface area contributed by atoms with Crippen molar-refractivity contribution >= 4 is 10.2 Å². The van der Waals surface area contributed by atoms with Gasteiger partial charge in [-0.2, -0.15) is 17.0 Å². The van der Waals surface area contributed by atoms with Crippen LogP contribution in [0.25, 0.3) is 0 Å². The summed E-state index contributed by atoms with van der Waals surface area (Å²) in [7, 11) is -3.28. The summed E-state index contributed by atoms with van der Waals surface area (Å²) in [5.41, 5.74) is 6.02. The number of nitrogens with two attached hydrogens (primary N) is 1. The topological polar surface area (TPSA) is 66.6 Å². The Kier molecular flexibility index (Phi) is 5.10. The van der Waals surface area contributed by atoms with E-state index in [-0.39, 0.29) is 0 Å². The van der Waals surface area contributed by atoms with E-state index in [0.29, 0.717) is 44.1 Å². The molecule has 0 amide bonds. The zero-order valence-electron chi connectivity index (χ0n) is 12.8. The fraction of sp³-hybridized carbons (Fsp3) is 1.00. The van der Waals surface area contributed by atoms with E-state index in [1.165, 1.54) is 0 Å². The number of rotatable bonds is 4. The molecule has 6 heteroatoms. The first kappa shape index (κ1) is 16.2. The number of hydrogen-bond acceptors (Lipinski definition) is 3. The molecule has 0 aromatic heterocycles. The Morgan fingerprint density at radius 1 is 1.20 bits per heavy atom. The standard InChI is InChI=1S/C14H29N3O2S/c1-3-14(2)6-9-16(10-7-14)20(18,19)17-8-4-5-13(11-15)12-17/h13H,3-12,15H2,1-2H3. The largest absolute Gasteiger partial charge is 0.330 e. The van der Waals surface area contributed by atoms with Crippen LogP contribution in [0, 0.1) is 11.3 Å². The summed E-state index contributed by atoms with van der Waals surface area (Å²) < 4.78 is 28.8.